The molecule has 0 saturated carbocycles. The van der Waals surface area contributed by atoms with Crippen LogP contribution in [0.4, 0.5) is 5.82 Å². The maximum atomic E-state index is 11.7. The molecule has 0 aliphatic rings. The molecular formula is C10H18N4O. The van der Waals surface area contributed by atoms with E-state index in [1.165, 1.54) is 4.57 Å². The standard InChI is InChI=1S/C10H18N4O/c1-8(4-5-11)14(3)9-10(15)13(2)7-6-12-9/h6-8H,4-5,11H2,1-3H3. The summed E-state index contributed by atoms with van der Waals surface area (Å²) in [5.41, 5.74) is 5.40. The highest BCUT2D eigenvalue weighted by molar-refractivity contribution is 5.35. The Morgan fingerprint density at radius 3 is 2.93 bits per heavy atom. The molecule has 0 aromatic carbocycles. The van der Waals surface area contributed by atoms with Crippen LogP contribution in [0.15, 0.2) is 17.2 Å². The highest BCUT2D eigenvalue weighted by Crippen LogP contribution is 2.07. The summed E-state index contributed by atoms with van der Waals surface area (Å²) in [4.78, 5) is 17.7. The minimum atomic E-state index is -0.0797. The average Bonchev–Trinajstić information content (AvgIpc) is 2.21. The molecule has 0 aliphatic carbocycles. The zero-order valence-corrected chi connectivity index (χ0v) is 9.47. The van der Waals surface area contributed by atoms with Crippen molar-refractivity contribution in [3.8, 4) is 0 Å². The van der Waals surface area contributed by atoms with Crippen LogP contribution in [-0.2, 0) is 7.05 Å². The molecule has 0 radical (unpaired) electrons. The summed E-state index contributed by atoms with van der Waals surface area (Å²) in [7, 11) is 3.58. The van der Waals surface area contributed by atoms with Gasteiger partial charge in [0.25, 0.3) is 5.56 Å². The van der Waals surface area contributed by atoms with Crippen molar-refractivity contribution in [2.75, 3.05) is 18.5 Å². The van der Waals surface area contributed by atoms with E-state index in [0.717, 1.165) is 6.42 Å². The van der Waals surface area contributed by atoms with E-state index >= 15 is 0 Å². The molecule has 5 nitrogen and oxygen atoms in total. The minimum Gasteiger partial charge on any atom is -0.352 e. The lowest BCUT2D eigenvalue weighted by Gasteiger charge is -2.24. The van der Waals surface area contributed by atoms with Gasteiger partial charge in [0.2, 0.25) is 0 Å². The van der Waals surface area contributed by atoms with Gasteiger partial charge in [0, 0.05) is 32.5 Å². The summed E-state index contributed by atoms with van der Waals surface area (Å²) < 4.78 is 1.52. The number of hydrogen-bond acceptors (Lipinski definition) is 4. The van der Waals surface area contributed by atoms with E-state index in [0.29, 0.717) is 12.4 Å². The van der Waals surface area contributed by atoms with E-state index in [1.54, 1.807) is 19.4 Å². The molecular weight excluding hydrogens is 192 g/mol. The number of aryl methyl sites for hydroxylation is 1. The zero-order valence-electron chi connectivity index (χ0n) is 9.47. The molecule has 1 aromatic heterocycles. The van der Waals surface area contributed by atoms with Crippen LogP contribution in [0.3, 0.4) is 0 Å². The smallest absolute Gasteiger partial charge is 0.293 e. The van der Waals surface area contributed by atoms with E-state index in [-0.39, 0.29) is 11.6 Å². The van der Waals surface area contributed by atoms with Crippen molar-refractivity contribution >= 4 is 5.82 Å². The number of nitrogens with two attached hydrogens (primary N) is 1. The molecule has 1 heterocycles. The fourth-order valence-electron chi connectivity index (χ4n) is 1.37. The Morgan fingerprint density at radius 2 is 2.33 bits per heavy atom. The first-order valence-electron chi connectivity index (χ1n) is 5.02. The highest BCUT2D eigenvalue weighted by Gasteiger charge is 2.13. The van der Waals surface area contributed by atoms with Crippen LogP contribution >= 0.6 is 0 Å². The van der Waals surface area contributed by atoms with Crippen molar-refractivity contribution in [2.24, 2.45) is 12.8 Å². The molecule has 1 rings (SSSR count). The summed E-state index contributed by atoms with van der Waals surface area (Å²) in [6.07, 6.45) is 4.12. The summed E-state index contributed by atoms with van der Waals surface area (Å²) in [5.74, 6) is 0.473. The van der Waals surface area contributed by atoms with Gasteiger partial charge in [-0.3, -0.25) is 4.79 Å². The third-order valence-corrected chi connectivity index (χ3v) is 2.58. The van der Waals surface area contributed by atoms with Gasteiger partial charge in [-0.25, -0.2) is 4.98 Å². The molecule has 2 N–H and O–H groups in total. The van der Waals surface area contributed by atoms with Crippen molar-refractivity contribution in [1.82, 2.24) is 9.55 Å². The second kappa shape index (κ2) is 4.93. The monoisotopic (exact) mass is 210 g/mol. The van der Waals surface area contributed by atoms with Crippen LogP contribution < -0.4 is 16.2 Å². The van der Waals surface area contributed by atoms with E-state index in [9.17, 15) is 4.79 Å². The van der Waals surface area contributed by atoms with Crippen molar-refractivity contribution in [2.45, 2.75) is 19.4 Å². The topological polar surface area (TPSA) is 64.2 Å². The Labute approximate surface area is 89.5 Å². The Balaban J connectivity index is 2.96. The zero-order chi connectivity index (χ0) is 11.4. The molecule has 84 valence electrons. The third kappa shape index (κ3) is 2.56. The number of rotatable bonds is 4. The average molecular weight is 210 g/mol. The molecule has 0 amide bonds. The Kier molecular flexibility index (Phi) is 3.85. The van der Waals surface area contributed by atoms with Crippen LogP contribution in [0.2, 0.25) is 0 Å². The fraction of sp³-hybridized carbons (Fsp3) is 0.600. The van der Waals surface area contributed by atoms with Crippen LogP contribution in [0.25, 0.3) is 0 Å². The van der Waals surface area contributed by atoms with Gasteiger partial charge in [0.15, 0.2) is 5.82 Å². The predicted octanol–water partition coefficient (Wildman–Crippen LogP) is -0.0462. The minimum absolute atomic E-state index is 0.0797. The summed E-state index contributed by atoms with van der Waals surface area (Å²) >= 11 is 0. The van der Waals surface area contributed by atoms with Gasteiger partial charge in [0.1, 0.15) is 0 Å². The van der Waals surface area contributed by atoms with E-state index in [1.807, 2.05) is 18.9 Å². The van der Waals surface area contributed by atoms with Crippen molar-refractivity contribution in [3.63, 3.8) is 0 Å². The lowest BCUT2D eigenvalue weighted by molar-refractivity contribution is 0.622. The molecule has 0 fully saturated rings. The molecule has 0 bridgehead atoms. The van der Waals surface area contributed by atoms with Gasteiger partial charge in [0.05, 0.1) is 0 Å². The Morgan fingerprint density at radius 1 is 1.67 bits per heavy atom. The van der Waals surface area contributed by atoms with E-state index < -0.39 is 0 Å². The maximum absolute atomic E-state index is 11.7. The van der Waals surface area contributed by atoms with Crippen LogP contribution in [0.5, 0.6) is 0 Å². The summed E-state index contributed by atoms with van der Waals surface area (Å²) in [6, 6.07) is 0.220. The van der Waals surface area contributed by atoms with Crippen molar-refractivity contribution < 1.29 is 0 Å². The first kappa shape index (κ1) is 11.7. The summed E-state index contributed by atoms with van der Waals surface area (Å²) in [5, 5.41) is 0. The van der Waals surface area contributed by atoms with Gasteiger partial charge in [-0.05, 0) is 19.9 Å². The summed E-state index contributed by atoms with van der Waals surface area (Å²) in [6.45, 7) is 2.64. The fourth-order valence-corrected chi connectivity index (χ4v) is 1.37. The van der Waals surface area contributed by atoms with Crippen molar-refractivity contribution in [1.29, 1.82) is 0 Å². The van der Waals surface area contributed by atoms with Gasteiger partial charge in [-0.15, -0.1) is 0 Å². The molecule has 15 heavy (non-hydrogen) atoms. The van der Waals surface area contributed by atoms with Gasteiger partial charge in [-0.2, -0.15) is 0 Å². The predicted molar refractivity (Wildman–Crippen MR) is 61.0 cm³/mol. The maximum Gasteiger partial charge on any atom is 0.293 e. The van der Waals surface area contributed by atoms with Gasteiger partial charge >= 0.3 is 0 Å². The molecule has 1 aromatic rings. The van der Waals surface area contributed by atoms with Gasteiger partial charge in [-0.1, -0.05) is 0 Å². The number of hydrogen-bond donors (Lipinski definition) is 1. The number of nitrogens with zero attached hydrogens (tertiary/aromatic N) is 3. The first-order chi connectivity index (χ1) is 7.07. The van der Waals surface area contributed by atoms with E-state index in [4.69, 9.17) is 5.73 Å². The molecule has 0 aliphatic heterocycles. The van der Waals surface area contributed by atoms with Crippen molar-refractivity contribution in [3.05, 3.63) is 22.7 Å². The lowest BCUT2D eigenvalue weighted by Crippen LogP contribution is -2.36. The third-order valence-electron chi connectivity index (χ3n) is 2.58. The Hall–Kier alpha value is -1.36. The van der Waals surface area contributed by atoms with Crippen LogP contribution in [0, 0.1) is 0 Å². The lowest BCUT2D eigenvalue weighted by atomic mass is 10.2. The van der Waals surface area contributed by atoms with Crippen LogP contribution in [-0.4, -0.2) is 29.2 Å². The molecule has 0 saturated heterocycles. The van der Waals surface area contributed by atoms with Crippen LogP contribution in [0.1, 0.15) is 13.3 Å². The molecule has 0 spiro atoms. The van der Waals surface area contributed by atoms with Gasteiger partial charge < -0.3 is 15.2 Å². The quantitative estimate of drug-likeness (QED) is 0.757. The first-order valence-corrected chi connectivity index (χ1v) is 5.02. The number of aromatic nitrogens is 2. The normalized spacial score (nSPS) is 12.5. The Bertz CT molecular complexity index is 374. The van der Waals surface area contributed by atoms with E-state index in [2.05, 4.69) is 4.98 Å². The SMILES string of the molecule is CC(CCN)N(C)c1nccn(C)c1=O. The number of anilines is 1. The largest absolute Gasteiger partial charge is 0.352 e. The molecule has 5 heteroatoms. The molecule has 1 atom stereocenters. The molecule has 1 unspecified atom stereocenters. The highest BCUT2D eigenvalue weighted by atomic mass is 16.1. The second-order valence-corrected chi connectivity index (χ2v) is 3.70. The second-order valence-electron chi connectivity index (χ2n) is 3.70.